The summed E-state index contributed by atoms with van der Waals surface area (Å²) < 4.78 is 16.8. The van der Waals surface area contributed by atoms with E-state index in [9.17, 15) is 4.39 Å². The van der Waals surface area contributed by atoms with E-state index in [-0.39, 0.29) is 11.2 Å². The van der Waals surface area contributed by atoms with Crippen molar-refractivity contribution in [2.45, 2.75) is 51.5 Å². The van der Waals surface area contributed by atoms with Gasteiger partial charge in [-0.05, 0) is 60.3 Å². The number of benzene rings is 1. The Bertz CT molecular complexity index is 693. The lowest BCUT2D eigenvalue weighted by molar-refractivity contribution is 0.358. The summed E-state index contributed by atoms with van der Waals surface area (Å²) in [6, 6.07) is 3.78. The minimum atomic E-state index is -0.185. The molecule has 2 atom stereocenters. The van der Waals surface area contributed by atoms with Crippen molar-refractivity contribution in [2.24, 2.45) is 5.41 Å². The van der Waals surface area contributed by atoms with E-state index in [1.54, 1.807) is 6.07 Å². The number of rotatable bonds is 2. The molecular weight excluding hydrogens is 402 g/mol. The Morgan fingerprint density at radius 2 is 2.19 bits per heavy atom. The zero-order chi connectivity index (χ0) is 15.4. The molecule has 0 bridgehead atoms. The van der Waals surface area contributed by atoms with Gasteiger partial charge in [0, 0.05) is 12.1 Å². The lowest BCUT2D eigenvalue weighted by Crippen LogP contribution is -2.12. The lowest BCUT2D eigenvalue weighted by Gasteiger charge is -2.21. The number of halogens is 3. The molecule has 1 fully saturated rings. The van der Waals surface area contributed by atoms with Crippen molar-refractivity contribution in [1.82, 2.24) is 9.55 Å². The normalized spacial score (nSPS) is 22.9. The van der Waals surface area contributed by atoms with Crippen LogP contribution in [0.5, 0.6) is 0 Å². The van der Waals surface area contributed by atoms with Gasteiger partial charge in [0.1, 0.15) is 11.6 Å². The van der Waals surface area contributed by atoms with Crippen LogP contribution in [0.15, 0.2) is 12.1 Å². The van der Waals surface area contributed by atoms with Crippen LogP contribution in [-0.4, -0.2) is 9.55 Å². The van der Waals surface area contributed by atoms with Gasteiger partial charge >= 0.3 is 0 Å². The van der Waals surface area contributed by atoms with Crippen LogP contribution in [0.2, 0.25) is 0 Å². The molecule has 5 heteroatoms. The van der Waals surface area contributed by atoms with E-state index in [0.717, 1.165) is 29.7 Å². The zero-order valence-corrected chi connectivity index (χ0v) is 15.4. The molecule has 0 aliphatic heterocycles. The summed E-state index contributed by atoms with van der Waals surface area (Å²) in [4.78, 5) is 4.67. The summed E-state index contributed by atoms with van der Waals surface area (Å²) in [5, 5.41) is -0.179. The van der Waals surface area contributed by atoms with E-state index in [1.807, 2.05) is 35.6 Å². The molecule has 0 N–H and O–H groups in total. The molecule has 0 amide bonds. The summed E-state index contributed by atoms with van der Waals surface area (Å²) in [6.45, 7) is 6.51. The van der Waals surface area contributed by atoms with E-state index in [0.29, 0.717) is 15.0 Å². The first kappa shape index (κ1) is 15.5. The first-order valence-corrected chi connectivity index (χ1v) is 8.81. The summed E-state index contributed by atoms with van der Waals surface area (Å²) >= 11 is 8.34. The van der Waals surface area contributed by atoms with Gasteiger partial charge in [-0.2, -0.15) is 0 Å². The molecule has 2 unspecified atom stereocenters. The fourth-order valence-electron chi connectivity index (χ4n) is 3.39. The maximum absolute atomic E-state index is 14.0. The van der Waals surface area contributed by atoms with Gasteiger partial charge in [0.2, 0.25) is 0 Å². The van der Waals surface area contributed by atoms with Crippen molar-refractivity contribution >= 4 is 45.2 Å². The highest BCUT2D eigenvalue weighted by Gasteiger charge is 2.34. The Morgan fingerprint density at radius 3 is 2.76 bits per heavy atom. The summed E-state index contributed by atoms with van der Waals surface area (Å²) in [5.74, 6) is 0.672. The molecular formula is C16H19ClFIN2. The van der Waals surface area contributed by atoms with Crippen molar-refractivity contribution in [3.05, 3.63) is 27.3 Å². The molecule has 0 radical (unpaired) electrons. The minimum absolute atomic E-state index is 0.179. The first-order chi connectivity index (χ1) is 9.78. The fourth-order valence-corrected chi connectivity index (χ4v) is 4.00. The van der Waals surface area contributed by atoms with Gasteiger partial charge in [0.05, 0.1) is 20.0 Å². The molecule has 1 aromatic heterocycles. The lowest BCUT2D eigenvalue weighted by atomic mass is 9.92. The second-order valence-corrected chi connectivity index (χ2v) is 8.59. The maximum Gasteiger partial charge on any atom is 0.138 e. The monoisotopic (exact) mass is 420 g/mol. The predicted octanol–water partition coefficient (Wildman–Crippen LogP) is 5.83. The Labute approximate surface area is 143 Å². The summed E-state index contributed by atoms with van der Waals surface area (Å²) in [5.41, 5.74) is 2.04. The van der Waals surface area contributed by atoms with E-state index >= 15 is 0 Å². The summed E-state index contributed by atoms with van der Waals surface area (Å²) in [7, 11) is 0. The SMILES string of the molecule is CC(Cl)c1nc2cc(I)c(F)cc2n1C1CCC(C)(C)C1. The third kappa shape index (κ3) is 2.81. The van der Waals surface area contributed by atoms with Crippen molar-refractivity contribution < 1.29 is 4.39 Å². The maximum atomic E-state index is 14.0. The number of imidazole rings is 1. The molecule has 1 aliphatic rings. The van der Waals surface area contributed by atoms with Crippen LogP contribution < -0.4 is 0 Å². The largest absolute Gasteiger partial charge is 0.324 e. The Kier molecular flexibility index (Phi) is 3.97. The molecule has 0 saturated heterocycles. The van der Waals surface area contributed by atoms with Crippen LogP contribution >= 0.6 is 34.2 Å². The summed E-state index contributed by atoms with van der Waals surface area (Å²) in [6.07, 6.45) is 3.37. The quantitative estimate of drug-likeness (QED) is 0.441. The molecule has 1 aromatic carbocycles. The second-order valence-electron chi connectivity index (χ2n) is 6.77. The molecule has 1 saturated carbocycles. The van der Waals surface area contributed by atoms with E-state index in [2.05, 4.69) is 23.4 Å². The van der Waals surface area contributed by atoms with Crippen LogP contribution in [0.3, 0.4) is 0 Å². The Balaban J connectivity index is 2.19. The minimum Gasteiger partial charge on any atom is -0.324 e. The van der Waals surface area contributed by atoms with E-state index in [1.165, 1.54) is 6.42 Å². The van der Waals surface area contributed by atoms with E-state index < -0.39 is 0 Å². The van der Waals surface area contributed by atoms with Crippen molar-refractivity contribution in [2.75, 3.05) is 0 Å². The van der Waals surface area contributed by atoms with Gasteiger partial charge in [-0.15, -0.1) is 11.6 Å². The van der Waals surface area contributed by atoms with Crippen molar-refractivity contribution in [3.63, 3.8) is 0 Å². The molecule has 1 aliphatic carbocycles. The molecule has 3 rings (SSSR count). The number of hydrogen-bond donors (Lipinski definition) is 0. The molecule has 21 heavy (non-hydrogen) atoms. The molecule has 2 aromatic rings. The first-order valence-electron chi connectivity index (χ1n) is 7.29. The zero-order valence-electron chi connectivity index (χ0n) is 12.5. The van der Waals surface area contributed by atoms with Crippen LogP contribution in [0.1, 0.15) is 57.3 Å². The smallest absolute Gasteiger partial charge is 0.138 e. The topological polar surface area (TPSA) is 17.8 Å². The molecule has 114 valence electrons. The average Bonchev–Trinajstić information content (AvgIpc) is 2.90. The third-order valence-electron chi connectivity index (χ3n) is 4.42. The number of hydrogen-bond acceptors (Lipinski definition) is 1. The highest BCUT2D eigenvalue weighted by atomic mass is 127. The molecule has 0 spiro atoms. The predicted molar refractivity (Wildman–Crippen MR) is 93.3 cm³/mol. The van der Waals surface area contributed by atoms with Crippen molar-refractivity contribution in [1.29, 1.82) is 0 Å². The van der Waals surface area contributed by atoms with Crippen LogP contribution in [0.25, 0.3) is 11.0 Å². The van der Waals surface area contributed by atoms with Gasteiger partial charge in [-0.25, -0.2) is 9.37 Å². The van der Waals surface area contributed by atoms with Gasteiger partial charge < -0.3 is 4.57 Å². The van der Waals surface area contributed by atoms with E-state index in [4.69, 9.17) is 11.6 Å². The molecule has 1 heterocycles. The highest BCUT2D eigenvalue weighted by molar-refractivity contribution is 14.1. The number of nitrogens with zero attached hydrogens (tertiary/aromatic N) is 2. The van der Waals surface area contributed by atoms with Crippen molar-refractivity contribution in [3.8, 4) is 0 Å². The average molecular weight is 421 g/mol. The van der Waals surface area contributed by atoms with Crippen LogP contribution in [-0.2, 0) is 0 Å². The Morgan fingerprint density at radius 1 is 1.48 bits per heavy atom. The Hall–Kier alpha value is -0.360. The van der Waals surface area contributed by atoms with Gasteiger partial charge in [0.25, 0.3) is 0 Å². The highest BCUT2D eigenvalue weighted by Crippen LogP contribution is 2.46. The standard InChI is InChI=1S/C16H19ClFIN2/c1-9(17)15-20-13-7-12(19)11(18)6-14(13)21(15)10-4-5-16(2,3)8-10/h6-7,9-10H,4-5,8H2,1-3H3. The number of fused-ring (bicyclic) bond motifs is 1. The van der Waals surface area contributed by atoms with Gasteiger partial charge in [-0.1, -0.05) is 13.8 Å². The number of alkyl halides is 1. The van der Waals surface area contributed by atoms with Crippen LogP contribution in [0, 0.1) is 14.8 Å². The van der Waals surface area contributed by atoms with Gasteiger partial charge in [-0.3, -0.25) is 0 Å². The van der Waals surface area contributed by atoms with Crippen LogP contribution in [0.4, 0.5) is 4.39 Å². The second kappa shape index (κ2) is 5.37. The third-order valence-corrected chi connectivity index (χ3v) is 5.44. The number of aromatic nitrogens is 2. The fraction of sp³-hybridized carbons (Fsp3) is 0.562. The molecule has 2 nitrogen and oxygen atoms in total. The van der Waals surface area contributed by atoms with Gasteiger partial charge in [0.15, 0.2) is 0 Å².